The Balaban J connectivity index is 2.03. The summed E-state index contributed by atoms with van der Waals surface area (Å²) in [7, 11) is 0. The zero-order valence-corrected chi connectivity index (χ0v) is 9.43. The van der Waals surface area contributed by atoms with Gasteiger partial charge in [0.25, 0.3) is 0 Å². The van der Waals surface area contributed by atoms with Crippen molar-refractivity contribution in [2.45, 2.75) is 0 Å². The van der Waals surface area contributed by atoms with Crippen molar-refractivity contribution in [3.8, 4) is 11.5 Å². The number of hydrogen-bond acceptors (Lipinski definition) is 5. The van der Waals surface area contributed by atoms with Gasteiger partial charge in [-0.1, -0.05) is 0 Å². The first-order valence-electron chi connectivity index (χ1n) is 5.29. The molecule has 0 aliphatic carbocycles. The minimum Gasteiger partial charge on any atom is -0.455 e. The lowest BCUT2D eigenvalue weighted by Crippen LogP contribution is -1.91. The second-order valence-corrected chi connectivity index (χ2v) is 3.79. The maximum Gasteiger partial charge on any atom is 0.179 e. The van der Waals surface area contributed by atoms with E-state index in [1.165, 1.54) is 6.07 Å². The topological polar surface area (TPSA) is 74.2 Å². The molecule has 0 amide bonds. The number of benzene rings is 2. The minimum atomic E-state index is -0.998. The first kappa shape index (κ1) is 11.4. The van der Waals surface area contributed by atoms with E-state index in [9.17, 15) is 8.78 Å². The molecular weight excluding hydrogens is 256 g/mol. The molecule has 1 aromatic heterocycles. The second-order valence-electron chi connectivity index (χ2n) is 3.79. The maximum atomic E-state index is 13.1. The molecule has 0 saturated heterocycles. The van der Waals surface area contributed by atoms with E-state index in [1.807, 2.05) is 0 Å². The maximum absolute atomic E-state index is 13.1. The van der Waals surface area contributed by atoms with E-state index in [0.717, 1.165) is 12.1 Å². The zero-order valence-electron chi connectivity index (χ0n) is 9.43. The van der Waals surface area contributed by atoms with Gasteiger partial charge in [0.2, 0.25) is 0 Å². The molecule has 0 unspecified atom stereocenters. The van der Waals surface area contributed by atoms with Crippen LogP contribution in [0.4, 0.5) is 14.5 Å². The first-order valence-corrected chi connectivity index (χ1v) is 5.29. The predicted molar refractivity (Wildman–Crippen MR) is 62.6 cm³/mol. The lowest BCUT2D eigenvalue weighted by Gasteiger charge is -2.06. The Morgan fingerprint density at radius 2 is 1.79 bits per heavy atom. The van der Waals surface area contributed by atoms with Crippen molar-refractivity contribution in [3.05, 3.63) is 42.0 Å². The summed E-state index contributed by atoms with van der Waals surface area (Å²) >= 11 is 0. The number of aromatic nitrogens is 2. The van der Waals surface area contributed by atoms with Crippen LogP contribution in [0, 0.1) is 11.6 Å². The number of rotatable bonds is 2. The number of nitrogens with two attached hydrogens (primary N) is 1. The molecule has 0 fully saturated rings. The molecule has 1 heterocycles. The predicted octanol–water partition coefficient (Wildman–Crippen LogP) is 2.88. The summed E-state index contributed by atoms with van der Waals surface area (Å²) in [5, 5.41) is 7.28. The summed E-state index contributed by atoms with van der Waals surface area (Å²) in [6, 6.07) is 6.31. The third-order valence-electron chi connectivity index (χ3n) is 2.53. The van der Waals surface area contributed by atoms with Gasteiger partial charge in [-0.3, -0.25) is 0 Å². The largest absolute Gasteiger partial charge is 0.455 e. The number of anilines is 1. The van der Waals surface area contributed by atoms with Crippen LogP contribution in [0.2, 0.25) is 0 Å². The van der Waals surface area contributed by atoms with Gasteiger partial charge in [-0.25, -0.2) is 13.4 Å². The molecule has 19 heavy (non-hydrogen) atoms. The standard InChI is InChI=1S/C12H7F2N3O2/c13-7-2-1-6(5-8(7)14)18-10-4-3-9(15)11-12(10)17-19-16-11/h1-5H,15H2. The van der Waals surface area contributed by atoms with Crippen molar-refractivity contribution < 1.29 is 18.1 Å². The smallest absolute Gasteiger partial charge is 0.179 e. The number of hydrogen-bond donors (Lipinski definition) is 1. The lowest BCUT2D eigenvalue weighted by atomic mass is 10.2. The van der Waals surface area contributed by atoms with Crippen LogP contribution >= 0.6 is 0 Å². The molecule has 0 saturated carbocycles. The Labute approximate surface area is 105 Å². The van der Waals surface area contributed by atoms with E-state index in [4.69, 9.17) is 10.5 Å². The van der Waals surface area contributed by atoms with Crippen LogP contribution in [0.3, 0.4) is 0 Å². The van der Waals surface area contributed by atoms with Gasteiger partial charge >= 0.3 is 0 Å². The Bertz CT molecular complexity index is 758. The van der Waals surface area contributed by atoms with Crippen LogP contribution in [-0.2, 0) is 0 Å². The molecule has 3 aromatic rings. The third-order valence-corrected chi connectivity index (χ3v) is 2.53. The number of halogens is 2. The van der Waals surface area contributed by atoms with Crippen molar-refractivity contribution in [2.24, 2.45) is 0 Å². The summed E-state index contributed by atoms with van der Waals surface area (Å²) in [5.41, 5.74) is 6.72. The molecule has 2 aromatic carbocycles. The molecule has 2 N–H and O–H groups in total. The molecule has 0 spiro atoms. The molecule has 0 aliphatic heterocycles. The fourth-order valence-corrected chi connectivity index (χ4v) is 1.61. The van der Waals surface area contributed by atoms with Gasteiger partial charge in [0.05, 0.1) is 5.69 Å². The van der Waals surface area contributed by atoms with Crippen molar-refractivity contribution >= 4 is 16.7 Å². The quantitative estimate of drug-likeness (QED) is 0.719. The van der Waals surface area contributed by atoms with Crippen LogP contribution in [0.15, 0.2) is 35.0 Å². The lowest BCUT2D eigenvalue weighted by molar-refractivity contribution is 0.314. The average Bonchev–Trinajstić information content (AvgIpc) is 2.87. The fraction of sp³-hybridized carbons (Fsp3) is 0. The van der Waals surface area contributed by atoms with E-state index in [-0.39, 0.29) is 11.5 Å². The van der Waals surface area contributed by atoms with Crippen LogP contribution in [-0.4, -0.2) is 10.3 Å². The molecule has 0 radical (unpaired) electrons. The van der Waals surface area contributed by atoms with Crippen LogP contribution in [0.1, 0.15) is 0 Å². The molecular formula is C12H7F2N3O2. The van der Waals surface area contributed by atoms with E-state index in [1.54, 1.807) is 12.1 Å². The highest BCUT2D eigenvalue weighted by Gasteiger charge is 2.12. The monoisotopic (exact) mass is 263 g/mol. The number of nitrogen functional groups attached to an aromatic ring is 1. The van der Waals surface area contributed by atoms with Crippen LogP contribution in [0.25, 0.3) is 11.0 Å². The van der Waals surface area contributed by atoms with Crippen molar-refractivity contribution in [1.29, 1.82) is 0 Å². The summed E-state index contributed by atoms with van der Waals surface area (Å²) in [6.45, 7) is 0. The number of fused-ring (bicyclic) bond motifs is 1. The van der Waals surface area contributed by atoms with Crippen molar-refractivity contribution in [1.82, 2.24) is 10.3 Å². The van der Waals surface area contributed by atoms with E-state index < -0.39 is 11.6 Å². The van der Waals surface area contributed by atoms with E-state index in [0.29, 0.717) is 16.7 Å². The van der Waals surface area contributed by atoms with Crippen LogP contribution < -0.4 is 10.5 Å². The highest BCUT2D eigenvalue weighted by atomic mass is 19.2. The third kappa shape index (κ3) is 1.95. The fourth-order valence-electron chi connectivity index (χ4n) is 1.61. The Hall–Kier alpha value is -2.70. The Kier molecular flexibility index (Phi) is 2.52. The first-order chi connectivity index (χ1) is 9.15. The average molecular weight is 263 g/mol. The van der Waals surface area contributed by atoms with Gasteiger partial charge in [-0.05, 0) is 34.6 Å². The summed E-state index contributed by atoms with van der Waals surface area (Å²) in [4.78, 5) is 0. The number of nitrogens with zero attached hydrogens (tertiary/aromatic N) is 2. The molecule has 96 valence electrons. The molecule has 7 heteroatoms. The van der Waals surface area contributed by atoms with E-state index in [2.05, 4.69) is 14.9 Å². The second kappa shape index (κ2) is 4.20. The summed E-state index contributed by atoms with van der Waals surface area (Å²) in [6.07, 6.45) is 0. The molecule has 0 atom stereocenters. The molecule has 0 bridgehead atoms. The SMILES string of the molecule is Nc1ccc(Oc2ccc(F)c(F)c2)c2nonc12. The Morgan fingerprint density at radius 1 is 1.00 bits per heavy atom. The van der Waals surface area contributed by atoms with Gasteiger partial charge in [0.15, 0.2) is 28.4 Å². The normalized spacial score (nSPS) is 10.8. The summed E-state index contributed by atoms with van der Waals surface area (Å²) in [5.74, 6) is -1.52. The molecule has 5 nitrogen and oxygen atoms in total. The highest BCUT2D eigenvalue weighted by Crippen LogP contribution is 2.31. The summed E-state index contributed by atoms with van der Waals surface area (Å²) < 4.78 is 35.9. The van der Waals surface area contributed by atoms with E-state index >= 15 is 0 Å². The minimum absolute atomic E-state index is 0.132. The number of ether oxygens (including phenoxy) is 1. The van der Waals surface area contributed by atoms with Crippen molar-refractivity contribution in [2.75, 3.05) is 5.73 Å². The van der Waals surface area contributed by atoms with Gasteiger partial charge in [0.1, 0.15) is 5.75 Å². The molecule has 0 aliphatic rings. The van der Waals surface area contributed by atoms with Gasteiger partial charge < -0.3 is 10.5 Å². The van der Waals surface area contributed by atoms with Crippen molar-refractivity contribution in [3.63, 3.8) is 0 Å². The van der Waals surface area contributed by atoms with Gasteiger partial charge in [-0.15, -0.1) is 0 Å². The zero-order chi connectivity index (χ0) is 13.4. The Morgan fingerprint density at radius 3 is 2.58 bits per heavy atom. The highest BCUT2D eigenvalue weighted by molar-refractivity contribution is 5.90. The van der Waals surface area contributed by atoms with Gasteiger partial charge in [-0.2, -0.15) is 0 Å². The van der Waals surface area contributed by atoms with Crippen LogP contribution in [0.5, 0.6) is 11.5 Å². The molecule has 3 rings (SSSR count). The van der Waals surface area contributed by atoms with Gasteiger partial charge in [0, 0.05) is 6.07 Å².